The topological polar surface area (TPSA) is 71.1 Å². The lowest BCUT2D eigenvalue weighted by Crippen LogP contribution is -2.35. The molecular weight excluding hydrogens is 346 g/mol. The molecular formula is C20H19N3O2S. The molecule has 1 aliphatic carbocycles. The SMILES string of the molecule is CC1=C(C(=O)Nc2ccccn2)[C@H](c2cccs2)C2=C(CCCC2=O)N1. The summed E-state index contributed by atoms with van der Waals surface area (Å²) in [5.74, 6) is 0.0880. The predicted octanol–water partition coefficient (Wildman–Crippen LogP) is 3.75. The Kier molecular flexibility index (Phi) is 4.42. The van der Waals surface area contributed by atoms with Gasteiger partial charge in [0.2, 0.25) is 0 Å². The van der Waals surface area contributed by atoms with Crippen molar-refractivity contribution in [2.24, 2.45) is 0 Å². The van der Waals surface area contributed by atoms with Crippen molar-refractivity contribution in [3.8, 4) is 0 Å². The molecule has 1 aliphatic heterocycles. The van der Waals surface area contributed by atoms with Crippen molar-refractivity contribution in [1.82, 2.24) is 10.3 Å². The number of carbonyl (C=O) groups excluding carboxylic acids is 2. The van der Waals surface area contributed by atoms with Crippen LogP contribution in [0.5, 0.6) is 0 Å². The summed E-state index contributed by atoms with van der Waals surface area (Å²) in [5.41, 5.74) is 3.10. The standard InChI is InChI=1S/C20H19N3O2S/c1-12-17(20(25)23-16-9-2-3-10-21-16)19(15-8-5-11-26-15)18-13(22-12)6-4-7-14(18)24/h2-3,5,8-11,19,22H,4,6-7H2,1H3,(H,21,23,25)/t19-/m0/s1. The number of Topliss-reactive ketones (excluding diaryl/α,β-unsaturated/α-hetero) is 1. The van der Waals surface area contributed by atoms with Gasteiger partial charge in [-0.2, -0.15) is 0 Å². The number of hydrogen-bond donors (Lipinski definition) is 2. The predicted molar refractivity (Wildman–Crippen MR) is 102 cm³/mol. The van der Waals surface area contributed by atoms with E-state index in [4.69, 9.17) is 0 Å². The largest absolute Gasteiger partial charge is 0.362 e. The van der Waals surface area contributed by atoms with Crippen LogP contribution in [0.3, 0.4) is 0 Å². The molecule has 0 bridgehead atoms. The second-order valence-corrected chi connectivity index (χ2v) is 7.43. The fraction of sp³-hybridized carbons (Fsp3) is 0.250. The summed E-state index contributed by atoms with van der Waals surface area (Å²) in [6.07, 6.45) is 3.87. The molecule has 1 atom stereocenters. The quantitative estimate of drug-likeness (QED) is 0.869. The second kappa shape index (κ2) is 6.88. The fourth-order valence-corrected chi connectivity index (χ4v) is 4.49. The smallest absolute Gasteiger partial charge is 0.255 e. The molecule has 3 heterocycles. The lowest BCUT2D eigenvalue weighted by molar-refractivity contribution is -0.116. The van der Waals surface area contributed by atoms with Gasteiger partial charge in [0.25, 0.3) is 5.91 Å². The molecule has 0 aromatic carbocycles. The lowest BCUT2D eigenvalue weighted by atomic mass is 9.77. The van der Waals surface area contributed by atoms with Crippen LogP contribution >= 0.6 is 11.3 Å². The van der Waals surface area contributed by atoms with E-state index in [1.54, 1.807) is 29.7 Å². The number of rotatable bonds is 3. The van der Waals surface area contributed by atoms with Crippen LogP contribution in [0, 0.1) is 0 Å². The van der Waals surface area contributed by atoms with Crippen molar-refractivity contribution in [2.45, 2.75) is 32.1 Å². The van der Waals surface area contributed by atoms with Gasteiger partial charge in [-0.3, -0.25) is 9.59 Å². The van der Waals surface area contributed by atoms with Gasteiger partial charge in [-0.05, 0) is 43.3 Å². The third-order valence-corrected chi connectivity index (χ3v) is 5.69. The zero-order valence-electron chi connectivity index (χ0n) is 14.4. The monoisotopic (exact) mass is 365 g/mol. The van der Waals surface area contributed by atoms with Gasteiger partial charge in [-0.25, -0.2) is 4.98 Å². The number of nitrogens with zero attached hydrogens (tertiary/aromatic N) is 1. The summed E-state index contributed by atoms with van der Waals surface area (Å²) < 4.78 is 0. The maximum Gasteiger partial charge on any atom is 0.255 e. The molecule has 2 aromatic rings. The highest BCUT2D eigenvalue weighted by molar-refractivity contribution is 7.10. The fourth-order valence-electron chi connectivity index (χ4n) is 3.64. The van der Waals surface area contributed by atoms with Gasteiger partial charge in [0.1, 0.15) is 5.82 Å². The molecule has 5 nitrogen and oxygen atoms in total. The number of carbonyl (C=O) groups is 2. The zero-order chi connectivity index (χ0) is 18.1. The Balaban J connectivity index is 1.76. The molecule has 1 amide bonds. The number of hydrogen-bond acceptors (Lipinski definition) is 5. The number of aromatic nitrogens is 1. The summed E-state index contributed by atoms with van der Waals surface area (Å²) in [6, 6.07) is 9.33. The van der Waals surface area contributed by atoms with E-state index in [9.17, 15) is 9.59 Å². The number of dihydropyridines is 1. The molecule has 0 radical (unpaired) electrons. The maximum atomic E-state index is 13.1. The van der Waals surface area contributed by atoms with Gasteiger partial charge >= 0.3 is 0 Å². The maximum absolute atomic E-state index is 13.1. The van der Waals surface area contributed by atoms with E-state index in [1.807, 2.05) is 30.5 Å². The highest BCUT2D eigenvalue weighted by atomic mass is 32.1. The molecule has 132 valence electrons. The van der Waals surface area contributed by atoms with E-state index in [0.29, 0.717) is 17.8 Å². The molecule has 0 fully saturated rings. The minimum absolute atomic E-state index is 0.132. The summed E-state index contributed by atoms with van der Waals surface area (Å²) >= 11 is 1.57. The van der Waals surface area contributed by atoms with Crippen LogP contribution in [0.25, 0.3) is 0 Å². The van der Waals surface area contributed by atoms with Crippen LogP contribution in [0.15, 0.2) is 64.4 Å². The van der Waals surface area contributed by atoms with Crippen LogP contribution in [0.1, 0.15) is 37.0 Å². The van der Waals surface area contributed by atoms with Gasteiger partial charge in [0.15, 0.2) is 5.78 Å². The molecule has 6 heteroatoms. The van der Waals surface area contributed by atoms with Gasteiger partial charge < -0.3 is 10.6 Å². The molecule has 0 spiro atoms. The zero-order valence-corrected chi connectivity index (χ0v) is 15.2. The van der Waals surface area contributed by atoms with Crippen molar-refractivity contribution < 1.29 is 9.59 Å². The first-order valence-electron chi connectivity index (χ1n) is 8.65. The van der Waals surface area contributed by atoms with Crippen LogP contribution in [0.4, 0.5) is 5.82 Å². The van der Waals surface area contributed by atoms with E-state index < -0.39 is 0 Å². The average Bonchev–Trinajstić information content (AvgIpc) is 3.16. The van der Waals surface area contributed by atoms with Crippen molar-refractivity contribution in [2.75, 3.05) is 5.32 Å². The average molecular weight is 365 g/mol. The number of allylic oxidation sites excluding steroid dienone is 3. The lowest BCUT2D eigenvalue weighted by Gasteiger charge is -2.33. The number of anilines is 1. The van der Waals surface area contributed by atoms with E-state index in [-0.39, 0.29) is 17.6 Å². The van der Waals surface area contributed by atoms with Crippen LogP contribution in [-0.4, -0.2) is 16.7 Å². The molecule has 2 aliphatic rings. The summed E-state index contributed by atoms with van der Waals surface area (Å²) in [6.45, 7) is 1.90. The van der Waals surface area contributed by atoms with Gasteiger partial charge in [-0.1, -0.05) is 12.1 Å². The minimum Gasteiger partial charge on any atom is -0.362 e. The Labute approximate surface area is 155 Å². The Hall–Kier alpha value is -2.73. The molecule has 4 rings (SSSR count). The highest BCUT2D eigenvalue weighted by Gasteiger charge is 2.38. The highest BCUT2D eigenvalue weighted by Crippen LogP contribution is 2.43. The number of ketones is 1. The minimum atomic E-state index is -0.317. The third-order valence-electron chi connectivity index (χ3n) is 4.75. The summed E-state index contributed by atoms with van der Waals surface area (Å²) in [5, 5.41) is 8.17. The molecule has 0 unspecified atom stereocenters. The van der Waals surface area contributed by atoms with Crippen LogP contribution < -0.4 is 10.6 Å². The molecule has 2 aromatic heterocycles. The molecule has 0 saturated carbocycles. The number of amides is 1. The molecule has 2 N–H and O–H groups in total. The normalized spacial score (nSPS) is 19.9. The van der Waals surface area contributed by atoms with E-state index in [2.05, 4.69) is 15.6 Å². The Morgan fingerprint density at radius 1 is 1.27 bits per heavy atom. The number of thiophene rings is 1. The van der Waals surface area contributed by atoms with Gasteiger partial charge in [0.05, 0.1) is 5.92 Å². The Morgan fingerprint density at radius 3 is 2.88 bits per heavy atom. The second-order valence-electron chi connectivity index (χ2n) is 6.45. The first-order valence-corrected chi connectivity index (χ1v) is 9.53. The number of nitrogens with one attached hydrogen (secondary N) is 2. The van der Waals surface area contributed by atoms with Gasteiger partial charge in [0, 0.05) is 40.0 Å². The number of pyridine rings is 1. The van der Waals surface area contributed by atoms with Gasteiger partial charge in [-0.15, -0.1) is 11.3 Å². The Bertz CT molecular complexity index is 914. The van der Waals surface area contributed by atoms with Crippen molar-refractivity contribution in [1.29, 1.82) is 0 Å². The van der Waals surface area contributed by atoms with Crippen LogP contribution in [0.2, 0.25) is 0 Å². The first kappa shape index (κ1) is 16.7. The van der Waals surface area contributed by atoms with Crippen LogP contribution in [-0.2, 0) is 9.59 Å². The summed E-state index contributed by atoms with van der Waals surface area (Å²) in [4.78, 5) is 31.0. The van der Waals surface area contributed by atoms with E-state index in [0.717, 1.165) is 34.7 Å². The van der Waals surface area contributed by atoms with E-state index >= 15 is 0 Å². The molecule has 0 saturated heterocycles. The summed E-state index contributed by atoms with van der Waals surface area (Å²) in [7, 11) is 0. The van der Waals surface area contributed by atoms with E-state index in [1.165, 1.54) is 0 Å². The van der Waals surface area contributed by atoms with Crippen molar-refractivity contribution in [3.63, 3.8) is 0 Å². The Morgan fingerprint density at radius 2 is 2.15 bits per heavy atom. The molecule has 26 heavy (non-hydrogen) atoms. The first-order chi connectivity index (χ1) is 12.6. The van der Waals surface area contributed by atoms with Crippen molar-refractivity contribution >= 4 is 28.8 Å². The third kappa shape index (κ3) is 2.97. The van der Waals surface area contributed by atoms with Crippen molar-refractivity contribution in [3.05, 3.63) is 69.3 Å².